The van der Waals surface area contributed by atoms with Gasteiger partial charge in [-0.3, -0.25) is 4.79 Å². The smallest absolute Gasteiger partial charge is 0.178 e. The van der Waals surface area contributed by atoms with E-state index in [1.165, 1.54) is 43.4 Å². The molecule has 4 rings (SSSR count). The summed E-state index contributed by atoms with van der Waals surface area (Å²) in [5.41, 5.74) is 2.15. The van der Waals surface area contributed by atoms with Crippen LogP contribution in [0.1, 0.15) is 59.3 Å². The van der Waals surface area contributed by atoms with E-state index in [-0.39, 0.29) is 11.2 Å². The van der Waals surface area contributed by atoms with Gasteiger partial charge in [-0.15, -0.1) is 0 Å². The van der Waals surface area contributed by atoms with Crippen LogP contribution in [0.5, 0.6) is 0 Å². The average molecular weight is 331 g/mol. The number of carbonyl (C=O) groups excluding carboxylic acids is 1. The molecule has 1 nitrogen and oxygen atoms in total. The first-order valence-corrected chi connectivity index (χ1v) is 10.6. The third-order valence-electron chi connectivity index (χ3n) is 7.84. The van der Waals surface area contributed by atoms with Crippen molar-refractivity contribution in [2.45, 2.75) is 64.5 Å². The van der Waals surface area contributed by atoms with Crippen molar-refractivity contribution in [3.63, 3.8) is 0 Å². The summed E-state index contributed by atoms with van der Waals surface area (Å²) in [5, 5.41) is 0.881. The highest BCUT2D eigenvalue weighted by atomic mass is 32.2. The number of allylic oxidation sites excluding steroid dienone is 4. The van der Waals surface area contributed by atoms with Gasteiger partial charge in [0, 0.05) is 10.7 Å². The van der Waals surface area contributed by atoms with Crippen molar-refractivity contribution in [1.82, 2.24) is 0 Å². The van der Waals surface area contributed by atoms with Gasteiger partial charge in [0.1, 0.15) is 0 Å². The Morgan fingerprint density at radius 1 is 1.17 bits per heavy atom. The molecule has 6 atom stereocenters. The normalized spacial score (nSPS) is 48.5. The van der Waals surface area contributed by atoms with Gasteiger partial charge in [-0.05, 0) is 79.6 Å². The van der Waals surface area contributed by atoms with Crippen molar-refractivity contribution < 1.29 is 4.79 Å². The number of hydrogen-bond donors (Lipinski definition) is 0. The van der Waals surface area contributed by atoms with Crippen LogP contribution in [-0.4, -0.2) is 16.8 Å². The third kappa shape index (κ3) is 2.23. The second-order valence-electron chi connectivity index (χ2n) is 8.67. The minimum atomic E-state index is 0.161. The summed E-state index contributed by atoms with van der Waals surface area (Å²) >= 11 is 2.21. The van der Waals surface area contributed by atoms with E-state index in [4.69, 9.17) is 0 Å². The largest absolute Gasteiger partial charge is 0.290 e. The Hall–Kier alpha value is -0.500. The third-order valence-corrected chi connectivity index (χ3v) is 9.35. The molecular weight excluding hydrogens is 300 g/mol. The molecule has 0 aliphatic heterocycles. The van der Waals surface area contributed by atoms with Gasteiger partial charge in [0.25, 0.3) is 0 Å². The molecule has 3 saturated carbocycles. The molecule has 0 bridgehead atoms. The lowest BCUT2D eigenvalue weighted by molar-refractivity contribution is -0.111. The van der Waals surface area contributed by atoms with E-state index in [9.17, 15) is 4.79 Å². The molecule has 0 amide bonds. The van der Waals surface area contributed by atoms with Gasteiger partial charge in [0.15, 0.2) is 5.78 Å². The first-order valence-electron chi connectivity index (χ1n) is 9.55. The summed E-state index contributed by atoms with van der Waals surface area (Å²) in [6, 6.07) is 0. The van der Waals surface area contributed by atoms with E-state index >= 15 is 0 Å². The maximum absolute atomic E-state index is 11.8. The summed E-state index contributed by atoms with van der Waals surface area (Å²) in [6.07, 6.45) is 14.1. The van der Waals surface area contributed by atoms with Gasteiger partial charge in [-0.1, -0.05) is 32.4 Å². The predicted molar refractivity (Wildman–Crippen MR) is 98.5 cm³/mol. The zero-order chi connectivity index (χ0) is 16.2. The fourth-order valence-corrected chi connectivity index (χ4v) is 8.00. The molecule has 126 valence electrons. The fourth-order valence-electron chi connectivity index (χ4n) is 6.62. The molecule has 0 aromatic rings. The minimum Gasteiger partial charge on any atom is -0.290 e. The number of ketones is 1. The first-order chi connectivity index (χ1) is 11.0. The van der Waals surface area contributed by atoms with Crippen molar-refractivity contribution in [1.29, 1.82) is 0 Å². The molecule has 0 heterocycles. The van der Waals surface area contributed by atoms with Gasteiger partial charge in [0.2, 0.25) is 0 Å². The summed E-state index contributed by atoms with van der Waals surface area (Å²) in [5.74, 6) is 4.01. The quantitative estimate of drug-likeness (QED) is 0.673. The Labute approximate surface area is 145 Å². The lowest BCUT2D eigenvalue weighted by Gasteiger charge is -2.57. The zero-order valence-corrected chi connectivity index (χ0v) is 15.6. The molecular formula is C21H30OS. The topological polar surface area (TPSA) is 17.1 Å². The summed E-state index contributed by atoms with van der Waals surface area (Å²) < 4.78 is 0. The van der Waals surface area contributed by atoms with Crippen molar-refractivity contribution in [2.24, 2.45) is 28.6 Å². The van der Waals surface area contributed by atoms with Crippen molar-refractivity contribution in [3.8, 4) is 0 Å². The van der Waals surface area contributed by atoms with Crippen LogP contribution in [0.2, 0.25) is 0 Å². The van der Waals surface area contributed by atoms with Crippen molar-refractivity contribution in [3.05, 3.63) is 23.8 Å². The molecule has 0 aromatic carbocycles. The lowest BCUT2D eigenvalue weighted by atomic mass is 9.48. The maximum atomic E-state index is 11.8. The fraction of sp³-hybridized carbons (Fsp3) is 0.762. The van der Waals surface area contributed by atoms with Gasteiger partial charge < -0.3 is 0 Å². The van der Waals surface area contributed by atoms with Gasteiger partial charge in [-0.2, -0.15) is 11.8 Å². The van der Waals surface area contributed by atoms with Crippen LogP contribution in [0.3, 0.4) is 0 Å². The molecule has 4 aliphatic carbocycles. The highest BCUT2D eigenvalue weighted by molar-refractivity contribution is 7.99. The predicted octanol–water partition coefficient (Wildman–Crippen LogP) is 5.42. The minimum absolute atomic E-state index is 0.161. The van der Waals surface area contributed by atoms with E-state index in [2.05, 4.69) is 38.6 Å². The van der Waals surface area contributed by atoms with Gasteiger partial charge >= 0.3 is 0 Å². The van der Waals surface area contributed by atoms with Crippen molar-refractivity contribution >= 4 is 17.5 Å². The molecule has 0 spiro atoms. The Balaban J connectivity index is 1.64. The average Bonchev–Trinajstić information content (AvgIpc) is 2.85. The first kappa shape index (κ1) is 16.0. The Morgan fingerprint density at radius 3 is 2.78 bits per heavy atom. The molecule has 23 heavy (non-hydrogen) atoms. The number of carbonyl (C=O) groups is 1. The van der Waals surface area contributed by atoms with E-state index in [0.717, 1.165) is 29.4 Å². The highest BCUT2D eigenvalue weighted by Gasteiger charge is 2.58. The van der Waals surface area contributed by atoms with Crippen LogP contribution in [0, 0.1) is 28.6 Å². The van der Waals surface area contributed by atoms with Crippen LogP contribution < -0.4 is 0 Å². The van der Waals surface area contributed by atoms with Crippen LogP contribution in [0.25, 0.3) is 0 Å². The number of hydrogen-bond acceptors (Lipinski definition) is 2. The summed E-state index contributed by atoms with van der Waals surface area (Å²) in [4.78, 5) is 11.8. The number of fused-ring (bicyclic) bond motifs is 5. The Morgan fingerprint density at radius 2 is 2.00 bits per heavy atom. The van der Waals surface area contributed by atoms with Gasteiger partial charge in [-0.25, -0.2) is 0 Å². The van der Waals surface area contributed by atoms with Crippen LogP contribution in [0.4, 0.5) is 0 Å². The molecule has 2 heteroatoms. The van der Waals surface area contributed by atoms with E-state index < -0.39 is 0 Å². The van der Waals surface area contributed by atoms with Crippen LogP contribution in [0.15, 0.2) is 23.8 Å². The lowest BCUT2D eigenvalue weighted by Crippen LogP contribution is -2.50. The zero-order valence-electron chi connectivity index (χ0n) is 14.8. The van der Waals surface area contributed by atoms with Crippen LogP contribution in [-0.2, 0) is 4.79 Å². The SMILES string of the molecule is CCS[C@H]1CC[C@H]2[C@@H]3CCC4=CC(=O)C=C[C@]4(C)[C@H]3CC[C@]12C. The summed E-state index contributed by atoms with van der Waals surface area (Å²) in [6.45, 7) is 7.33. The van der Waals surface area contributed by atoms with Crippen molar-refractivity contribution in [2.75, 3.05) is 5.75 Å². The maximum Gasteiger partial charge on any atom is 0.178 e. The monoisotopic (exact) mass is 330 g/mol. The Kier molecular flexibility index (Phi) is 3.83. The molecule has 0 aromatic heterocycles. The summed E-state index contributed by atoms with van der Waals surface area (Å²) in [7, 11) is 0. The van der Waals surface area contributed by atoms with E-state index in [0.29, 0.717) is 5.41 Å². The van der Waals surface area contributed by atoms with E-state index in [1.54, 1.807) is 0 Å². The molecule has 0 N–H and O–H groups in total. The number of thioether (sulfide) groups is 1. The molecule has 0 unspecified atom stereocenters. The van der Waals surface area contributed by atoms with Gasteiger partial charge in [0.05, 0.1) is 0 Å². The standard InChI is InChI=1S/C21H30OS/c1-4-23-19-8-7-17-16-6-5-14-13-15(22)9-11-20(14,2)18(16)10-12-21(17,19)3/h9,11,13,16-19H,4-8,10,12H2,1-3H3/t16-,17-,18-,19-,20-,21-/m0/s1. The molecule has 0 saturated heterocycles. The second kappa shape index (κ2) is 5.51. The Bertz CT molecular complexity index is 576. The van der Waals surface area contributed by atoms with Crippen LogP contribution >= 0.6 is 11.8 Å². The molecule has 0 radical (unpaired) electrons. The van der Waals surface area contributed by atoms with E-state index in [1.807, 2.05) is 12.2 Å². The second-order valence-corrected chi connectivity index (χ2v) is 10.1. The number of rotatable bonds is 2. The highest BCUT2D eigenvalue weighted by Crippen LogP contribution is 2.65. The molecule has 4 aliphatic rings. The molecule has 3 fully saturated rings.